The van der Waals surface area contributed by atoms with E-state index in [-0.39, 0.29) is 5.41 Å². The number of rotatable bonds is 4. The number of nitrogens with one attached hydrogen (secondary N) is 2. The maximum atomic E-state index is 5.38. The van der Waals surface area contributed by atoms with Crippen LogP contribution in [-0.2, 0) is 11.3 Å². The van der Waals surface area contributed by atoms with E-state index in [1.165, 1.54) is 0 Å². The third kappa shape index (κ3) is 3.21. The zero-order valence-corrected chi connectivity index (χ0v) is 12.4. The molecular weight excluding hydrogens is 270 g/mol. The Hall–Kier alpha value is -1.95. The summed E-state index contributed by atoms with van der Waals surface area (Å²) in [6.07, 6.45) is 0. The minimum Gasteiger partial charge on any atom is -0.454 e. The number of hydrogen-bond acceptors (Lipinski definition) is 4. The maximum Gasteiger partial charge on any atom is 0.231 e. The number of fused-ring (bicyclic) bond motifs is 1. The quantitative estimate of drug-likeness (QED) is 0.643. The summed E-state index contributed by atoms with van der Waals surface area (Å²) in [6.45, 7) is 5.65. The normalized spacial score (nSPS) is 19.0. The van der Waals surface area contributed by atoms with E-state index in [1.54, 1.807) is 7.05 Å². The Bertz CT molecular complexity index is 541. The summed E-state index contributed by atoms with van der Waals surface area (Å²) in [5, 5.41) is 6.64. The van der Waals surface area contributed by atoms with E-state index in [0.29, 0.717) is 13.3 Å². The standard InChI is InChI=1S/C15H21N3O3/c1-15(8-19-9-15)7-18-14(16-2)17-6-11-3-4-12-13(5-11)21-10-20-12/h3-5H,6-10H2,1-2H3,(H2,16,17,18). The Morgan fingerprint density at radius 3 is 2.76 bits per heavy atom. The predicted molar refractivity (Wildman–Crippen MR) is 79.7 cm³/mol. The van der Waals surface area contributed by atoms with Crippen LogP contribution in [0, 0.1) is 5.41 Å². The minimum absolute atomic E-state index is 0.219. The minimum atomic E-state index is 0.219. The second-order valence-corrected chi connectivity index (χ2v) is 5.77. The number of benzene rings is 1. The van der Waals surface area contributed by atoms with E-state index in [4.69, 9.17) is 14.2 Å². The monoisotopic (exact) mass is 291 g/mol. The molecule has 0 aliphatic carbocycles. The Kier molecular flexibility index (Phi) is 3.88. The molecular formula is C15H21N3O3. The van der Waals surface area contributed by atoms with Crippen molar-refractivity contribution < 1.29 is 14.2 Å². The molecule has 0 unspecified atom stereocenters. The van der Waals surface area contributed by atoms with E-state index in [2.05, 4.69) is 22.5 Å². The summed E-state index contributed by atoms with van der Waals surface area (Å²) < 4.78 is 15.9. The van der Waals surface area contributed by atoms with Gasteiger partial charge in [0, 0.05) is 25.6 Å². The molecule has 0 spiro atoms. The number of ether oxygens (including phenoxy) is 3. The largest absolute Gasteiger partial charge is 0.454 e. The van der Waals surface area contributed by atoms with Gasteiger partial charge in [-0.05, 0) is 17.7 Å². The molecule has 2 aliphatic heterocycles. The zero-order chi connectivity index (χ0) is 14.7. The molecule has 0 bridgehead atoms. The van der Waals surface area contributed by atoms with Crippen LogP contribution in [0.2, 0.25) is 0 Å². The molecule has 114 valence electrons. The van der Waals surface area contributed by atoms with Crippen LogP contribution in [0.1, 0.15) is 12.5 Å². The highest BCUT2D eigenvalue weighted by Gasteiger charge is 2.33. The Morgan fingerprint density at radius 1 is 1.24 bits per heavy atom. The summed E-state index contributed by atoms with van der Waals surface area (Å²) in [7, 11) is 1.77. The number of guanidine groups is 1. The molecule has 6 heteroatoms. The summed E-state index contributed by atoms with van der Waals surface area (Å²) >= 11 is 0. The predicted octanol–water partition coefficient (Wildman–Crippen LogP) is 1.12. The third-order valence-corrected chi connectivity index (χ3v) is 3.70. The van der Waals surface area contributed by atoms with Crippen LogP contribution in [0.25, 0.3) is 0 Å². The Labute approximate surface area is 124 Å². The SMILES string of the molecule is CN=C(NCc1ccc2c(c1)OCO2)NCC1(C)COC1. The number of aliphatic imine (C=N–C) groups is 1. The molecule has 0 atom stereocenters. The first-order valence-electron chi connectivity index (χ1n) is 7.09. The van der Waals surface area contributed by atoms with Crippen molar-refractivity contribution in [2.24, 2.45) is 10.4 Å². The average molecular weight is 291 g/mol. The van der Waals surface area contributed by atoms with Gasteiger partial charge < -0.3 is 24.8 Å². The molecule has 21 heavy (non-hydrogen) atoms. The van der Waals surface area contributed by atoms with E-state index < -0.39 is 0 Å². The summed E-state index contributed by atoms with van der Waals surface area (Å²) in [5.74, 6) is 2.40. The lowest BCUT2D eigenvalue weighted by molar-refractivity contribution is -0.0971. The Balaban J connectivity index is 1.51. The molecule has 0 radical (unpaired) electrons. The van der Waals surface area contributed by atoms with Crippen LogP contribution in [0.15, 0.2) is 23.2 Å². The first-order valence-corrected chi connectivity index (χ1v) is 7.09. The molecule has 3 rings (SSSR count). The fourth-order valence-electron chi connectivity index (χ4n) is 2.31. The van der Waals surface area contributed by atoms with E-state index >= 15 is 0 Å². The molecule has 0 aromatic heterocycles. The first kappa shape index (κ1) is 14.0. The summed E-state index contributed by atoms with van der Waals surface area (Å²) in [4.78, 5) is 4.23. The van der Waals surface area contributed by atoms with Crippen molar-refractivity contribution in [2.45, 2.75) is 13.5 Å². The molecule has 0 saturated carbocycles. The lowest BCUT2D eigenvalue weighted by Crippen LogP contribution is -2.50. The highest BCUT2D eigenvalue weighted by atomic mass is 16.7. The second-order valence-electron chi connectivity index (χ2n) is 5.77. The van der Waals surface area contributed by atoms with Crippen molar-refractivity contribution in [1.29, 1.82) is 0 Å². The van der Waals surface area contributed by atoms with Crippen LogP contribution in [0.5, 0.6) is 11.5 Å². The second kappa shape index (κ2) is 5.81. The van der Waals surface area contributed by atoms with E-state index in [1.807, 2.05) is 18.2 Å². The summed E-state index contributed by atoms with van der Waals surface area (Å²) in [6, 6.07) is 5.95. The average Bonchev–Trinajstić information content (AvgIpc) is 2.93. The van der Waals surface area contributed by atoms with Gasteiger partial charge in [-0.25, -0.2) is 0 Å². The lowest BCUT2D eigenvalue weighted by Gasteiger charge is -2.38. The van der Waals surface area contributed by atoms with Crippen LogP contribution in [0.4, 0.5) is 0 Å². The maximum absolute atomic E-state index is 5.38. The van der Waals surface area contributed by atoms with Crippen molar-refractivity contribution in [3.05, 3.63) is 23.8 Å². The number of nitrogens with zero attached hydrogens (tertiary/aromatic N) is 1. The van der Waals surface area contributed by atoms with Crippen molar-refractivity contribution in [3.8, 4) is 11.5 Å². The molecule has 2 N–H and O–H groups in total. The van der Waals surface area contributed by atoms with Gasteiger partial charge in [-0.3, -0.25) is 4.99 Å². The molecule has 1 aromatic rings. The highest BCUT2D eigenvalue weighted by Crippen LogP contribution is 2.32. The fraction of sp³-hybridized carbons (Fsp3) is 0.533. The fourth-order valence-corrected chi connectivity index (χ4v) is 2.31. The van der Waals surface area contributed by atoms with Gasteiger partial charge in [0.2, 0.25) is 6.79 Å². The van der Waals surface area contributed by atoms with Gasteiger partial charge in [-0.15, -0.1) is 0 Å². The molecule has 2 aliphatic rings. The first-order chi connectivity index (χ1) is 10.2. The number of hydrogen-bond donors (Lipinski definition) is 2. The van der Waals surface area contributed by atoms with Crippen LogP contribution < -0.4 is 20.1 Å². The van der Waals surface area contributed by atoms with Gasteiger partial charge in [0.25, 0.3) is 0 Å². The summed E-state index contributed by atoms with van der Waals surface area (Å²) in [5.41, 5.74) is 1.34. The van der Waals surface area contributed by atoms with Gasteiger partial charge in [0.05, 0.1) is 13.2 Å². The highest BCUT2D eigenvalue weighted by molar-refractivity contribution is 5.79. The molecule has 0 amide bonds. The van der Waals surface area contributed by atoms with Gasteiger partial charge in [-0.1, -0.05) is 13.0 Å². The van der Waals surface area contributed by atoms with E-state index in [9.17, 15) is 0 Å². The van der Waals surface area contributed by atoms with E-state index in [0.717, 1.165) is 42.8 Å². The van der Waals surface area contributed by atoms with Crippen LogP contribution in [0.3, 0.4) is 0 Å². The van der Waals surface area contributed by atoms with Gasteiger partial charge in [0.1, 0.15) is 0 Å². The Morgan fingerprint density at radius 2 is 2.05 bits per heavy atom. The van der Waals surface area contributed by atoms with Gasteiger partial charge in [-0.2, -0.15) is 0 Å². The van der Waals surface area contributed by atoms with Gasteiger partial charge >= 0.3 is 0 Å². The molecule has 2 heterocycles. The van der Waals surface area contributed by atoms with Crippen molar-refractivity contribution in [1.82, 2.24) is 10.6 Å². The molecule has 6 nitrogen and oxygen atoms in total. The van der Waals surface area contributed by atoms with Crippen molar-refractivity contribution in [3.63, 3.8) is 0 Å². The molecule has 1 aromatic carbocycles. The van der Waals surface area contributed by atoms with Crippen molar-refractivity contribution >= 4 is 5.96 Å². The molecule has 1 saturated heterocycles. The van der Waals surface area contributed by atoms with Crippen LogP contribution in [-0.4, -0.2) is 39.6 Å². The third-order valence-electron chi connectivity index (χ3n) is 3.70. The van der Waals surface area contributed by atoms with Gasteiger partial charge in [0.15, 0.2) is 17.5 Å². The lowest BCUT2D eigenvalue weighted by atomic mass is 9.89. The smallest absolute Gasteiger partial charge is 0.231 e. The van der Waals surface area contributed by atoms with Crippen molar-refractivity contribution in [2.75, 3.05) is 33.6 Å². The zero-order valence-electron chi connectivity index (χ0n) is 12.4. The topological polar surface area (TPSA) is 64.1 Å². The van der Waals surface area contributed by atoms with Crippen LogP contribution >= 0.6 is 0 Å². The molecule has 1 fully saturated rings.